The Labute approximate surface area is 133 Å². The van der Waals surface area contributed by atoms with E-state index in [-0.39, 0.29) is 18.2 Å². The van der Waals surface area contributed by atoms with Crippen molar-refractivity contribution in [3.8, 4) is 11.5 Å². The van der Waals surface area contributed by atoms with E-state index in [0.29, 0.717) is 36.8 Å². The Bertz CT molecular complexity index is 658. The summed E-state index contributed by atoms with van der Waals surface area (Å²) in [6.07, 6.45) is 0.784. The fraction of sp³-hybridized carbons (Fsp3) is 0.438. The first-order chi connectivity index (χ1) is 11.1. The second-order valence-corrected chi connectivity index (χ2v) is 5.44. The number of ether oxygens (including phenoxy) is 2. The molecule has 2 heterocycles. The quantitative estimate of drug-likeness (QED) is 0.830. The number of carbonyl (C=O) groups excluding carboxylic acids is 3. The first-order valence-electron chi connectivity index (χ1n) is 7.64. The van der Waals surface area contributed by atoms with Gasteiger partial charge in [-0.25, -0.2) is 0 Å². The Morgan fingerprint density at radius 3 is 2.65 bits per heavy atom. The van der Waals surface area contributed by atoms with Crippen LogP contribution in [-0.4, -0.2) is 48.4 Å². The van der Waals surface area contributed by atoms with Crippen molar-refractivity contribution >= 4 is 17.7 Å². The lowest BCUT2D eigenvalue weighted by atomic mass is 10.1. The standard InChI is InChI=1S/C16H18N2O5/c1-2-18(11-9-14(19)17-15(11)20)16(21)10-4-5-12-13(8-10)23-7-3-6-22-12/h4-5,8,11H,2-3,6-7,9H2,1H3,(H,17,19,20)/t11-/m0/s1. The van der Waals surface area contributed by atoms with Crippen LogP contribution in [0.3, 0.4) is 0 Å². The molecule has 0 saturated carbocycles. The van der Waals surface area contributed by atoms with Crippen molar-refractivity contribution in [2.24, 2.45) is 0 Å². The fourth-order valence-electron chi connectivity index (χ4n) is 2.76. The largest absolute Gasteiger partial charge is 0.490 e. The van der Waals surface area contributed by atoms with E-state index in [9.17, 15) is 14.4 Å². The van der Waals surface area contributed by atoms with Gasteiger partial charge >= 0.3 is 0 Å². The van der Waals surface area contributed by atoms with E-state index in [2.05, 4.69) is 5.32 Å². The van der Waals surface area contributed by atoms with Gasteiger partial charge in [-0.15, -0.1) is 0 Å². The summed E-state index contributed by atoms with van der Waals surface area (Å²) < 4.78 is 11.1. The number of fused-ring (bicyclic) bond motifs is 1. The molecule has 1 saturated heterocycles. The lowest BCUT2D eigenvalue weighted by Gasteiger charge is -2.25. The fourth-order valence-corrected chi connectivity index (χ4v) is 2.76. The number of benzene rings is 1. The van der Waals surface area contributed by atoms with Gasteiger partial charge in [0.05, 0.1) is 19.6 Å². The third kappa shape index (κ3) is 2.99. The molecule has 0 spiro atoms. The maximum absolute atomic E-state index is 12.7. The molecule has 122 valence electrons. The number of likely N-dealkylation sites (N-methyl/N-ethyl adjacent to an activating group) is 1. The molecular formula is C16H18N2O5. The Morgan fingerprint density at radius 1 is 1.26 bits per heavy atom. The number of amides is 3. The summed E-state index contributed by atoms with van der Waals surface area (Å²) in [5.74, 6) is 0.0368. The van der Waals surface area contributed by atoms with Crippen LogP contribution in [0.4, 0.5) is 0 Å². The molecule has 7 heteroatoms. The zero-order valence-corrected chi connectivity index (χ0v) is 12.8. The lowest BCUT2D eigenvalue weighted by Crippen LogP contribution is -2.44. The van der Waals surface area contributed by atoms with Gasteiger partial charge in [-0.3, -0.25) is 19.7 Å². The molecule has 1 aromatic carbocycles. The minimum Gasteiger partial charge on any atom is -0.490 e. The monoisotopic (exact) mass is 318 g/mol. The number of nitrogens with zero attached hydrogens (tertiary/aromatic N) is 1. The summed E-state index contributed by atoms with van der Waals surface area (Å²) >= 11 is 0. The van der Waals surface area contributed by atoms with Gasteiger partial charge in [0.25, 0.3) is 5.91 Å². The molecule has 0 bridgehead atoms. The maximum atomic E-state index is 12.7. The van der Waals surface area contributed by atoms with Crippen molar-refractivity contribution in [1.29, 1.82) is 0 Å². The molecule has 0 aromatic heterocycles. The van der Waals surface area contributed by atoms with Crippen LogP contribution >= 0.6 is 0 Å². The molecule has 2 aliphatic heterocycles. The first-order valence-corrected chi connectivity index (χ1v) is 7.64. The van der Waals surface area contributed by atoms with Crippen molar-refractivity contribution in [1.82, 2.24) is 10.2 Å². The summed E-state index contributed by atoms with van der Waals surface area (Å²) in [4.78, 5) is 37.3. The molecule has 1 atom stereocenters. The highest BCUT2D eigenvalue weighted by atomic mass is 16.5. The molecule has 1 fully saturated rings. The number of carbonyl (C=O) groups is 3. The smallest absolute Gasteiger partial charge is 0.254 e. The first kappa shape index (κ1) is 15.3. The van der Waals surface area contributed by atoms with E-state index in [4.69, 9.17) is 9.47 Å². The molecule has 0 unspecified atom stereocenters. The van der Waals surface area contributed by atoms with Crippen LogP contribution in [0.1, 0.15) is 30.1 Å². The minimum atomic E-state index is -0.754. The van der Waals surface area contributed by atoms with Gasteiger partial charge in [-0.1, -0.05) is 0 Å². The van der Waals surface area contributed by atoms with E-state index in [1.165, 1.54) is 4.90 Å². The second-order valence-electron chi connectivity index (χ2n) is 5.44. The van der Waals surface area contributed by atoms with Crippen LogP contribution < -0.4 is 14.8 Å². The third-order valence-electron chi connectivity index (χ3n) is 3.92. The third-order valence-corrected chi connectivity index (χ3v) is 3.92. The van der Waals surface area contributed by atoms with Crippen molar-refractivity contribution in [2.75, 3.05) is 19.8 Å². The Balaban J connectivity index is 1.85. The number of hydrogen-bond acceptors (Lipinski definition) is 5. The van der Waals surface area contributed by atoms with Crippen molar-refractivity contribution in [3.05, 3.63) is 23.8 Å². The number of hydrogen-bond donors (Lipinski definition) is 1. The molecule has 23 heavy (non-hydrogen) atoms. The average molecular weight is 318 g/mol. The minimum absolute atomic E-state index is 0.00294. The molecule has 1 aromatic rings. The van der Waals surface area contributed by atoms with Gasteiger partial charge in [0.2, 0.25) is 11.8 Å². The van der Waals surface area contributed by atoms with E-state index in [1.54, 1.807) is 25.1 Å². The predicted molar refractivity (Wildman–Crippen MR) is 80.3 cm³/mol. The highest BCUT2D eigenvalue weighted by Gasteiger charge is 2.37. The highest BCUT2D eigenvalue weighted by Crippen LogP contribution is 2.31. The van der Waals surface area contributed by atoms with E-state index in [1.807, 2.05) is 0 Å². The SMILES string of the molecule is CCN(C(=O)c1ccc2c(c1)OCCCO2)[C@H]1CC(=O)NC1=O. The van der Waals surface area contributed by atoms with E-state index in [0.717, 1.165) is 6.42 Å². The number of rotatable bonds is 3. The van der Waals surface area contributed by atoms with Crippen LogP contribution in [0, 0.1) is 0 Å². The summed E-state index contributed by atoms with van der Waals surface area (Å²) in [5, 5.41) is 2.23. The van der Waals surface area contributed by atoms with E-state index < -0.39 is 11.9 Å². The molecule has 7 nitrogen and oxygen atoms in total. The average Bonchev–Trinajstić information content (AvgIpc) is 2.75. The summed E-state index contributed by atoms with van der Waals surface area (Å²) in [5.41, 5.74) is 0.406. The van der Waals surface area contributed by atoms with Crippen molar-refractivity contribution in [3.63, 3.8) is 0 Å². The number of imide groups is 1. The zero-order chi connectivity index (χ0) is 16.4. The van der Waals surface area contributed by atoms with Gasteiger partial charge in [0.1, 0.15) is 6.04 Å². The van der Waals surface area contributed by atoms with Crippen molar-refractivity contribution < 1.29 is 23.9 Å². The van der Waals surface area contributed by atoms with Crippen molar-refractivity contribution in [2.45, 2.75) is 25.8 Å². The molecule has 3 rings (SSSR count). The highest BCUT2D eigenvalue weighted by molar-refractivity contribution is 6.08. The van der Waals surface area contributed by atoms with Crippen LogP contribution in [-0.2, 0) is 9.59 Å². The van der Waals surface area contributed by atoms with Crippen LogP contribution in [0.15, 0.2) is 18.2 Å². The van der Waals surface area contributed by atoms with Gasteiger partial charge in [-0.2, -0.15) is 0 Å². The molecular weight excluding hydrogens is 300 g/mol. The Kier molecular flexibility index (Phi) is 4.18. The van der Waals surface area contributed by atoms with Gasteiger partial charge in [0, 0.05) is 18.5 Å². The normalized spacial score (nSPS) is 20.0. The van der Waals surface area contributed by atoms with Gasteiger partial charge in [0.15, 0.2) is 11.5 Å². The summed E-state index contributed by atoms with van der Waals surface area (Å²) in [6, 6.07) is 4.21. The van der Waals surface area contributed by atoms with Gasteiger partial charge < -0.3 is 14.4 Å². The maximum Gasteiger partial charge on any atom is 0.254 e. The topological polar surface area (TPSA) is 84.9 Å². The Hall–Kier alpha value is -2.57. The van der Waals surface area contributed by atoms with Gasteiger partial charge in [-0.05, 0) is 25.1 Å². The van der Waals surface area contributed by atoms with E-state index >= 15 is 0 Å². The summed E-state index contributed by atoms with van der Waals surface area (Å²) in [7, 11) is 0. The molecule has 3 amide bonds. The number of nitrogens with one attached hydrogen (secondary N) is 1. The Morgan fingerprint density at radius 2 is 2.00 bits per heavy atom. The van der Waals surface area contributed by atoms with Crippen LogP contribution in [0.2, 0.25) is 0 Å². The van der Waals surface area contributed by atoms with Crippen LogP contribution in [0.5, 0.6) is 11.5 Å². The predicted octanol–water partition coefficient (Wildman–Crippen LogP) is 0.725. The molecule has 1 N–H and O–H groups in total. The zero-order valence-electron chi connectivity index (χ0n) is 12.8. The molecule has 0 radical (unpaired) electrons. The summed E-state index contributed by atoms with van der Waals surface area (Å²) in [6.45, 7) is 3.21. The lowest BCUT2D eigenvalue weighted by molar-refractivity contribution is -0.126. The molecule has 2 aliphatic rings. The van der Waals surface area contributed by atoms with Crippen LogP contribution in [0.25, 0.3) is 0 Å². The second kappa shape index (κ2) is 6.28. The molecule has 0 aliphatic carbocycles.